The van der Waals surface area contributed by atoms with Crippen LogP contribution in [0.2, 0.25) is 0 Å². The van der Waals surface area contributed by atoms with Gasteiger partial charge < -0.3 is 14.8 Å². The second-order valence-corrected chi connectivity index (χ2v) is 5.97. The van der Waals surface area contributed by atoms with Gasteiger partial charge in [-0.15, -0.1) is 0 Å². The van der Waals surface area contributed by atoms with Gasteiger partial charge in [0.25, 0.3) is 0 Å². The van der Waals surface area contributed by atoms with Crippen molar-refractivity contribution in [3.63, 3.8) is 0 Å². The van der Waals surface area contributed by atoms with Gasteiger partial charge in [0.05, 0.1) is 13.7 Å². The third-order valence-corrected chi connectivity index (χ3v) is 3.94. The number of unbranched alkanes of at least 4 members (excludes halogenated alkanes) is 3. The molecule has 0 aromatic heterocycles. The van der Waals surface area contributed by atoms with Crippen LogP contribution in [0.15, 0.2) is 18.2 Å². The van der Waals surface area contributed by atoms with Crippen LogP contribution in [0.4, 0.5) is 0 Å². The maximum absolute atomic E-state index is 5.84. The van der Waals surface area contributed by atoms with E-state index < -0.39 is 0 Å². The van der Waals surface area contributed by atoms with Gasteiger partial charge in [0.1, 0.15) is 0 Å². The molecule has 0 spiro atoms. The summed E-state index contributed by atoms with van der Waals surface area (Å²) in [6.45, 7) is 5.04. The van der Waals surface area contributed by atoms with Crippen LogP contribution in [-0.2, 0) is 6.54 Å². The van der Waals surface area contributed by atoms with Gasteiger partial charge in [-0.2, -0.15) is 0 Å². The van der Waals surface area contributed by atoms with E-state index in [0.717, 1.165) is 43.5 Å². The Morgan fingerprint density at radius 2 is 2.00 bits per heavy atom. The third kappa shape index (κ3) is 5.96. The summed E-state index contributed by atoms with van der Waals surface area (Å²) in [4.78, 5) is 0. The van der Waals surface area contributed by atoms with Gasteiger partial charge in [-0.1, -0.05) is 32.3 Å². The number of ether oxygens (including phenoxy) is 2. The van der Waals surface area contributed by atoms with Crippen molar-refractivity contribution in [2.24, 2.45) is 5.92 Å². The van der Waals surface area contributed by atoms with Gasteiger partial charge in [-0.3, -0.25) is 0 Å². The molecule has 0 heterocycles. The van der Waals surface area contributed by atoms with Crippen molar-refractivity contribution in [3.8, 4) is 11.5 Å². The molecule has 0 saturated heterocycles. The molecule has 0 unspecified atom stereocenters. The van der Waals surface area contributed by atoms with Crippen LogP contribution in [0.5, 0.6) is 11.5 Å². The Hall–Kier alpha value is -1.22. The topological polar surface area (TPSA) is 30.5 Å². The summed E-state index contributed by atoms with van der Waals surface area (Å²) in [6, 6.07) is 6.25. The first-order valence-electron chi connectivity index (χ1n) is 8.34. The van der Waals surface area contributed by atoms with E-state index >= 15 is 0 Å². The lowest BCUT2D eigenvalue weighted by atomic mass is 10.2. The highest BCUT2D eigenvalue weighted by molar-refractivity contribution is 5.42. The number of hydrogen-bond acceptors (Lipinski definition) is 3. The molecule has 21 heavy (non-hydrogen) atoms. The maximum atomic E-state index is 5.84. The molecular formula is C18H29NO2. The Morgan fingerprint density at radius 1 is 1.14 bits per heavy atom. The van der Waals surface area contributed by atoms with Gasteiger partial charge in [0.2, 0.25) is 0 Å². The molecule has 0 aliphatic heterocycles. The molecular weight excluding hydrogens is 262 g/mol. The highest BCUT2D eigenvalue weighted by Gasteiger charge is 2.20. The van der Waals surface area contributed by atoms with E-state index in [0.29, 0.717) is 0 Å². The highest BCUT2D eigenvalue weighted by Crippen LogP contribution is 2.29. The van der Waals surface area contributed by atoms with Crippen molar-refractivity contribution in [2.45, 2.75) is 52.0 Å². The first-order valence-corrected chi connectivity index (χ1v) is 8.34. The number of nitrogens with one attached hydrogen (secondary N) is 1. The molecule has 1 aromatic carbocycles. The van der Waals surface area contributed by atoms with Gasteiger partial charge in [0.15, 0.2) is 11.5 Å². The summed E-state index contributed by atoms with van der Waals surface area (Å²) in [5.41, 5.74) is 1.26. The minimum Gasteiger partial charge on any atom is -0.493 e. The van der Waals surface area contributed by atoms with Crippen LogP contribution in [0.1, 0.15) is 51.0 Å². The zero-order valence-electron chi connectivity index (χ0n) is 13.5. The summed E-state index contributed by atoms with van der Waals surface area (Å²) in [6.07, 6.45) is 7.67. The Kier molecular flexibility index (Phi) is 6.87. The van der Waals surface area contributed by atoms with Gasteiger partial charge in [0, 0.05) is 6.54 Å². The Labute approximate surface area is 129 Å². The Morgan fingerprint density at radius 3 is 2.71 bits per heavy atom. The van der Waals surface area contributed by atoms with Crippen molar-refractivity contribution in [1.29, 1.82) is 0 Å². The second-order valence-electron chi connectivity index (χ2n) is 5.97. The van der Waals surface area contributed by atoms with Crippen molar-refractivity contribution >= 4 is 0 Å². The van der Waals surface area contributed by atoms with Crippen LogP contribution < -0.4 is 14.8 Å². The average molecular weight is 291 g/mol. The molecule has 1 aromatic rings. The van der Waals surface area contributed by atoms with Crippen molar-refractivity contribution in [3.05, 3.63) is 23.8 Å². The standard InChI is InChI=1S/C18H29NO2/c1-3-4-5-6-11-21-17-10-9-16(12-18(17)20-2)14-19-13-15-7-8-15/h9-10,12,15,19H,3-8,11,13-14H2,1-2H3. The molecule has 1 N–H and O–H groups in total. The predicted octanol–water partition coefficient (Wildman–Crippen LogP) is 4.15. The molecule has 3 heteroatoms. The summed E-state index contributed by atoms with van der Waals surface area (Å²) in [5.74, 6) is 2.62. The summed E-state index contributed by atoms with van der Waals surface area (Å²) in [5, 5.41) is 3.50. The maximum Gasteiger partial charge on any atom is 0.161 e. The number of methoxy groups -OCH3 is 1. The van der Waals surface area contributed by atoms with Crippen LogP contribution in [0.25, 0.3) is 0 Å². The van der Waals surface area contributed by atoms with E-state index in [2.05, 4.69) is 24.4 Å². The average Bonchev–Trinajstić information content (AvgIpc) is 3.32. The summed E-state index contributed by atoms with van der Waals surface area (Å²) >= 11 is 0. The molecule has 118 valence electrons. The largest absolute Gasteiger partial charge is 0.493 e. The predicted molar refractivity (Wildman–Crippen MR) is 87.1 cm³/mol. The molecule has 0 radical (unpaired) electrons. The monoisotopic (exact) mass is 291 g/mol. The van der Waals surface area contributed by atoms with E-state index in [9.17, 15) is 0 Å². The van der Waals surface area contributed by atoms with E-state index in [4.69, 9.17) is 9.47 Å². The van der Waals surface area contributed by atoms with Gasteiger partial charge in [-0.25, -0.2) is 0 Å². The molecule has 2 rings (SSSR count). The highest BCUT2D eigenvalue weighted by atomic mass is 16.5. The zero-order valence-corrected chi connectivity index (χ0v) is 13.5. The van der Waals surface area contributed by atoms with Gasteiger partial charge in [-0.05, 0) is 49.4 Å². The molecule has 0 bridgehead atoms. The number of rotatable bonds is 11. The molecule has 1 fully saturated rings. The van der Waals surface area contributed by atoms with Gasteiger partial charge >= 0.3 is 0 Å². The first-order chi connectivity index (χ1) is 10.3. The minimum absolute atomic E-state index is 0.773. The second kappa shape index (κ2) is 8.93. The van der Waals surface area contributed by atoms with E-state index in [1.807, 2.05) is 6.07 Å². The quantitative estimate of drug-likeness (QED) is 0.621. The lowest BCUT2D eigenvalue weighted by Gasteiger charge is -2.12. The van der Waals surface area contributed by atoms with E-state index in [-0.39, 0.29) is 0 Å². The lowest BCUT2D eigenvalue weighted by molar-refractivity contribution is 0.285. The zero-order chi connectivity index (χ0) is 14.9. The summed E-state index contributed by atoms with van der Waals surface area (Å²) in [7, 11) is 1.71. The van der Waals surface area contributed by atoms with Crippen LogP contribution in [0, 0.1) is 5.92 Å². The third-order valence-electron chi connectivity index (χ3n) is 3.94. The van der Waals surface area contributed by atoms with E-state index in [1.165, 1.54) is 37.7 Å². The van der Waals surface area contributed by atoms with Crippen LogP contribution >= 0.6 is 0 Å². The number of hydrogen-bond donors (Lipinski definition) is 1. The molecule has 1 saturated carbocycles. The fraction of sp³-hybridized carbons (Fsp3) is 0.667. The number of benzene rings is 1. The van der Waals surface area contributed by atoms with Crippen LogP contribution in [-0.4, -0.2) is 20.3 Å². The molecule has 0 atom stereocenters. The molecule has 0 amide bonds. The normalized spacial score (nSPS) is 14.2. The lowest BCUT2D eigenvalue weighted by Crippen LogP contribution is -2.16. The summed E-state index contributed by atoms with van der Waals surface area (Å²) < 4.78 is 11.3. The molecule has 1 aliphatic rings. The molecule has 1 aliphatic carbocycles. The van der Waals surface area contributed by atoms with Crippen molar-refractivity contribution in [1.82, 2.24) is 5.32 Å². The van der Waals surface area contributed by atoms with Crippen LogP contribution in [0.3, 0.4) is 0 Å². The fourth-order valence-corrected chi connectivity index (χ4v) is 2.39. The SMILES string of the molecule is CCCCCCOc1ccc(CNCC2CC2)cc1OC. The minimum atomic E-state index is 0.773. The molecule has 3 nitrogen and oxygen atoms in total. The first kappa shape index (κ1) is 16.2. The van der Waals surface area contributed by atoms with E-state index in [1.54, 1.807) is 7.11 Å². The smallest absolute Gasteiger partial charge is 0.161 e. The Balaban J connectivity index is 1.77. The fourth-order valence-electron chi connectivity index (χ4n) is 2.39. The van der Waals surface area contributed by atoms with Crippen molar-refractivity contribution < 1.29 is 9.47 Å². The Bertz CT molecular complexity index is 416. The van der Waals surface area contributed by atoms with Crippen molar-refractivity contribution in [2.75, 3.05) is 20.3 Å².